The fraction of sp³-hybridized carbons (Fsp3) is 0.938. The Kier molecular flexibility index (Phi) is 4.47. The van der Waals surface area contributed by atoms with E-state index in [2.05, 4.69) is 32.6 Å². The maximum atomic E-state index is 12.3. The second-order valence-corrected chi connectivity index (χ2v) is 6.95. The molecule has 18 heavy (non-hydrogen) atoms. The van der Waals surface area contributed by atoms with Crippen LogP contribution in [0.4, 0.5) is 0 Å². The summed E-state index contributed by atoms with van der Waals surface area (Å²) in [5, 5.41) is 0. The zero-order chi connectivity index (χ0) is 13.3. The molecular formula is C16H29NO. The molecule has 0 aromatic carbocycles. The maximum absolute atomic E-state index is 12.3. The molecule has 1 aliphatic carbocycles. The van der Waals surface area contributed by atoms with E-state index in [1.807, 2.05) is 0 Å². The number of carbonyl (C=O) groups is 1. The van der Waals surface area contributed by atoms with Crippen LogP contribution in [0.25, 0.3) is 0 Å². The van der Waals surface area contributed by atoms with E-state index in [-0.39, 0.29) is 0 Å². The summed E-state index contributed by atoms with van der Waals surface area (Å²) in [6.07, 6.45) is 4.70. The first-order valence-electron chi connectivity index (χ1n) is 7.75. The number of Topliss-reactive ketones (excluding diaryl/α,β-unsaturated/α-hetero) is 1. The van der Waals surface area contributed by atoms with Crippen molar-refractivity contribution in [2.75, 3.05) is 13.1 Å². The standard InChI is InChI=1S/C16H29NO/c1-11-8-13(3)15(16(18)9-11)10-17-7-5-6-12(2)14(17)4/h11-15H,5-10H2,1-4H3. The SMILES string of the molecule is CC1CC(=O)C(CN2CCCC(C)C2C)C(C)C1. The Morgan fingerprint density at radius 3 is 2.56 bits per heavy atom. The van der Waals surface area contributed by atoms with Crippen molar-refractivity contribution < 1.29 is 4.79 Å². The number of likely N-dealkylation sites (tertiary alicyclic amines) is 1. The molecule has 0 radical (unpaired) electrons. The summed E-state index contributed by atoms with van der Waals surface area (Å²) in [6, 6.07) is 0.651. The fourth-order valence-corrected chi connectivity index (χ4v) is 3.91. The molecule has 1 saturated heterocycles. The number of ketones is 1. The number of hydrogen-bond donors (Lipinski definition) is 0. The smallest absolute Gasteiger partial charge is 0.137 e. The van der Waals surface area contributed by atoms with Crippen molar-refractivity contribution in [1.29, 1.82) is 0 Å². The molecule has 2 nitrogen and oxygen atoms in total. The molecule has 2 rings (SSSR count). The minimum Gasteiger partial charge on any atom is -0.300 e. The second kappa shape index (κ2) is 5.73. The molecule has 1 aliphatic heterocycles. The average Bonchev–Trinajstić information content (AvgIpc) is 2.28. The van der Waals surface area contributed by atoms with Crippen molar-refractivity contribution in [3.63, 3.8) is 0 Å². The highest BCUT2D eigenvalue weighted by Crippen LogP contribution is 2.33. The van der Waals surface area contributed by atoms with E-state index >= 15 is 0 Å². The van der Waals surface area contributed by atoms with Gasteiger partial charge in [0.1, 0.15) is 5.78 Å². The average molecular weight is 251 g/mol. The summed E-state index contributed by atoms with van der Waals surface area (Å²) in [7, 11) is 0. The lowest BCUT2D eigenvalue weighted by Crippen LogP contribution is -2.48. The largest absolute Gasteiger partial charge is 0.300 e. The molecule has 0 aromatic heterocycles. The molecule has 1 saturated carbocycles. The minimum atomic E-state index is 0.300. The second-order valence-electron chi connectivity index (χ2n) is 6.95. The maximum Gasteiger partial charge on any atom is 0.137 e. The molecule has 2 heteroatoms. The lowest BCUT2D eigenvalue weighted by atomic mass is 9.74. The van der Waals surface area contributed by atoms with Crippen LogP contribution in [0, 0.1) is 23.7 Å². The molecule has 0 amide bonds. The Morgan fingerprint density at radius 1 is 1.17 bits per heavy atom. The Labute approximate surface area is 112 Å². The number of rotatable bonds is 2. The van der Waals surface area contributed by atoms with E-state index < -0.39 is 0 Å². The van der Waals surface area contributed by atoms with Gasteiger partial charge in [0, 0.05) is 24.9 Å². The van der Waals surface area contributed by atoms with Crippen LogP contribution in [0.3, 0.4) is 0 Å². The molecule has 0 aromatic rings. The highest BCUT2D eigenvalue weighted by molar-refractivity contribution is 5.82. The molecule has 5 atom stereocenters. The van der Waals surface area contributed by atoms with Gasteiger partial charge >= 0.3 is 0 Å². The van der Waals surface area contributed by atoms with E-state index in [0.717, 1.165) is 18.9 Å². The van der Waals surface area contributed by atoms with Gasteiger partial charge in [0.2, 0.25) is 0 Å². The minimum absolute atomic E-state index is 0.300. The van der Waals surface area contributed by atoms with Gasteiger partial charge in [0.05, 0.1) is 0 Å². The van der Waals surface area contributed by atoms with Crippen LogP contribution >= 0.6 is 0 Å². The highest BCUT2D eigenvalue weighted by atomic mass is 16.1. The predicted octanol–water partition coefficient (Wildman–Crippen LogP) is 3.36. The van der Waals surface area contributed by atoms with Crippen LogP contribution in [0.15, 0.2) is 0 Å². The first-order chi connectivity index (χ1) is 8.49. The summed E-state index contributed by atoms with van der Waals surface area (Å²) in [4.78, 5) is 14.8. The fourth-order valence-electron chi connectivity index (χ4n) is 3.91. The van der Waals surface area contributed by atoms with Gasteiger partial charge in [-0.3, -0.25) is 9.69 Å². The molecule has 0 bridgehead atoms. The lowest BCUT2D eigenvalue weighted by molar-refractivity contribution is -0.129. The number of hydrogen-bond acceptors (Lipinski definition) is 2. The van der Waals surface area contributed by atoms with E-state index in [9.17, 15) is 4.79 Å². The van der Waals surface area contributed by atoms with Gasteiger partial charge in [-0.2, -0.15) is 0 Å². The van der Waals surface area contributed by atoms with Crippen molar-refractivity contribution in [2.24, 2.45) is 23.7 Å². The van der Waals surface area contributed by atoms with E-state index in [1.54, 1.807) is 0 Å². The van der Waals surface area contributed by atoms with E-state index in [1.165, 1.54) is 25.8 Å². The molecule has 2 fully saturated rings. The predicted molar refractivity (Wildman–Crippen MR) is 75.5 cm³/mol. The number of piperidine rings is 1. The van der Waals surface area contributed by atoms with Crippen LogP contribution in [0.1, 0.15) is 53.4 Å². The topological polar surface area (TPSA) is 20.3 Å². The first-order valence-corrected chi connectivity index (χ1v) is 7.75. The zero-order valence-electron chi connectivity index (χ0n) is 12.5. The van der Waals surface area contributed by atoms with Gasteiger partial charge in [0.25, 0.3) is 0 Å². The summed E-state index contributed by atoms with van der Waals surface area (Å²) in [5.74, 6) is 2.78. The summed E-state index contributed by atoms with van der Waals surface area (Å²) < 4.78 is 0. The summed E-state index contributed by atoms with van der Waals surface area (Å²) >= 11 is 0. The normalized spacial score (nSPS) is 43.1. The van der Waals surface area contributed by atoms with Gasteiger partial charge in [-0.1, -0.05) is 20.8 Å². The number of nitrogens with zero attached hydrogens (tertiary/aromatic N) is 1. The van der Waals surface area contributed by atoms with Crippen molar-refractivity contribution in [3.05, 3.63) is 0 Å². The quantitative estimate of drug-likeness (QED) is 0.750. The molecule has 104 valence electrons. The monoisotopic (exact) mass is 251 g/mol. The Balaban J connectivity index is 1.97. The van der Waals surface area contributed by atoms with Crippen molar-refractivity contribution in [2.45, 2.75) is 59.4 Å². The third-order valence-corrected chi connectivity index (χ3v) is 5.36. The molecule has 1 heterocycles. The Morgan fingerprint density at radius 2 is 1.89 bits per heavy atom. The molecule has 5 unspecified atom stereocenters. The van der Waals surface area contributed by atoms with Crippen molar-refractivity contribution in [1.82, 2.24) is 4.90 Å². The zero-order valence-corrected chi connectivity index (χ0v) is 12.5. The molecule has 2 aliphatic rings. The molecule has 0 N–H and O–H groups in total. The molecule has 0 spiro atoms. The summed E-state index contributed by atoms with van der Waals surface area (Å²) in [5.41, 5.74) is 0. The van der Waals surface area contributed by atoms with Gasteiger partial charge in [-0.25, -0.2) is 0 Å². The Hall–Kier alpha value is -0.370. The van der Waals surface area contributed by atoms with Crippen molar-refractivity contribution >= 4 is 5.78 Å². The van der Waals surface area contributed by atoms with Gasteiger partial charge < -0.3 is 0 Å². The first kappa shape index (κ1) is 14.0. The van der Waals surface area contributed by atoms with Crippen LogP contribution in [0.2, 0.25) is 0 Å². The third-order valence-electron chi connectivity index (χ3n) is 5.36. The van der Waals surface area contributed by atoms with Crippen LogP contribution in [-0.4, -0.2) is 29.8 Å². The van der Waals surface area contributed by atoms with Gasteiger partial charge in [0.15, 0.2) is 0 Å². The van der Waals surface area contributed by atoms with Crippen molar-refractivity contribution in [3.8, 4) is 0 Å². The van der Waals surface area contributed by atoms with E-state index in [4.69, 9.17) is 0 Å². The summed E-state index contributed by atoms with van der Waals surface area (Å²) in [6.45, 7) is 11.4. The van der Waals surface area contributed by atoms with Gasteiger partial charge in [-0.05, 0) is 50.5 Å². The van der Waals surface area contributed by atoms with Gasteiger partial charge in [-0.15, -0.1) is 0 Å². The third kappa shape index (κ3) is 2.96. The lowest BCUT2D eigenvalue weighted by Gasteiger charge is -2.42. The van der Waals surface area contributed by atoms with Crippen LogP contribution in [0.5, 0.6) is 0 Å². The number of carbonyl (C=O) groups excluding carboxylic acids is 1. The van der Waals surface area contributed by atoms with Crippen LogP contribution in [-0.2, 0) is 4.79 Å². The molecular weight excluding hydrogens is 222 g/mol. The highest BCUT2D eigenvalue weighted by Gasteiger charge is 2.35. The Bertz CT molecular complexity index is 301. The van der Waals surface area contributed by atoms with E-state index in [0.29, 0.717) is 29.6 Å². The van der Waals surface area contributed by atoms with Crippen LogP contribution < -0.4 is 0 Å².